The monoisotopic (exact) mass is 546 g/mol. The van der Waals surface area contributed by atoms with E-state index in [9.17, 15) is 22.4 Å². The fourth-order valence-electron chi connectivity index (χ4n) is 4.83. The second kappa shape index (κ2) is 11.1. The van der Waals surface area contributed by atoms with Crippen LogP contribution in [0.15, 0.2) is 30.3 Å². The molecule has 1 unspecified atom stereocenters. The first-order valence-electron chi connectivity index (χ1n) is 12.6. The van der Waals surface area contributed by atoms with Crippen LogP contribution in [-0.4, -0.2) is 29.7 Å². The summed E-state index contributed by atoms with van der Waals surface area (Å²) in [5.41, 5.74) is 6.13. The van der Waals surface area contributed by atoms with Gasteiger partial charge >= 0.3 is 12.1 Å². The largest absolute Gasteiger partial charge is 0.496 e. The molecule has 0 bridgehead atoms. The van der Waals surface area contributed by atoms with Crippen molar-refractivity contribution in [2.45, 2.75) is 52.3 Å². The molecule has 2 aromatic carbocycles. The number of carbonyl (C=O) groups is 1. The van der Waals surface area contributed by atoms with E-state index in [1.54, 1.807) is 27.0 Å². The fourth-order valence-corrected chi connectivity index (χ4v) is 4.83. The van der Waals surface area contributed by atoms with E-state index < -0.39 is 23.6 Å². The summed E-state index contributed by atoms with van der Waals surface area (Å²) < 4.78 is 65.9. The number of hydrogen-bond acceptors (Lipinski definition) is 7. The molecule has 3 N–H and O–H groups in total. The molecule has 0 saturated carbocycles. The Morgan fingerprint density at radius 2 is 1.97 bits per heavy atom. The molecule has 1 heterocycles. The Labute approximate surface area is 223 Å². The number of aromatic nitrogens is 2. The molecule has 3 aromatic rings. The van der Waals surface area contributed by atoms with Gasteiger partial charge in [0.05, 0.1) is 36.8 Å². The van der Waals surface area contributed by atoms with Crippen LogP contribution < -0.4 is 15.8 Å². The Hall–Kier alpha value is -3.89. The predicted octanol–water partition coefficient (Wildman–Crippen LogP) is 6.61. The molecule has 0 saturated heterocycles. The van der Waals surface area contributed by atoms with Gasteiger partial charge in [-0.15, -0.1) is 0 Å². The van der Waals surface area contributed by atoms with Crippen LogP contribution in [0.3, 0.4) is 0 Å². The minimum atomic E-state index is -4.89. The lowest BCUT2D eigenvalue weighted by molar-refractivity contribution is -0.148. The lowest BCUT2D eigenvalue weighted by Crippen LogP contribution is -2.19. The zero-order chi connectivity index (χ0) is 28.5. The Balaban J connectivity index is 1.74. The summed E-state index contributed by atoms with van der Waals surface area (Å²) in [6.45, 7) is 5.31. The molecule has 7 nitrogen and oxygen atoms in total. The zero-order valence-corrected chi connectivity index (χ0v) is 22.1. The van der Waals surface area contributed by atoms with Crippen molar-refractivity contribution in [2.24, 2.45) is 5.92 Å². The molecule has 2 atom stereocenters. The average Bonchev–Trinajstić information content (AvgIpc) is 2.88. The molecule has 1 aliphatic rings. The number of methoxy groups -OCH3 is 1. The van der Waals surface area contributed by atoms with E-state index in [4.69, 9.17) is 15.2 Å². The number of esters is 1. The van der Waals surface area contributed by atoms with E-state index >= 15 is 0 Å². The first-order valence-corrected chi connectivity index (χ1v) is 12.6. The number of anilines is 2. The van der Waals surface area contributed by atoms with Gasteiger partial charge in [0.2, 0.25) is 0 Å². The van der Waals surface area contributed by atoms with Crippen LogP contribution in [0.5, 0.6) is 5.75 Å². The molecule has 208 valence electrons. The highest BCUT2D eigenvalue weighted by Gasteiger charge is 2.36. The Bertz CT molecular complexity index is 1440. The number of allylic oxidation sites excluding steroid dienone is 2. The zero-order valence-electron chi connectivity index (χ0n) is 22.1. The number of halogens is 4. The van der Waals surface area contributed by atoms with Gasteiger partial charge in [-0.1, -0.05) is 6.08 Å². The van der Waals surface area contributed by atoms with E-state index in [2.05, 4.69) is 15.3 Å². The van der Waals surface area contributed by atoms with Gasteiger partial charge in [-0.3, -0.25) is 4.79 Å². The fraction of sp³-hybridized carbons (Fsp3) is 0.393. The van der Waals surface area contributed by atoms with Crippen molar-refractivity contribution >= 4 is 34.0 Å². The first kappa shape index (κ1) is 28.1. The predicted molar refractivity (Wildman–Crippen MR) is 141 cm³/mol. The highest BCUT2D eigenvalue weighted by molar-refractivity contribution is 5.94. The Kier molecular flexibility index (Phi) is 7.99. The topological polar surface area (TPSA) is 99.4 Å². The summed E-state index contributed by atoms with van der Waals surface area (Å²) >= 11 is 0. The van der Waals surface area contributed by atoms with Crippen LogP contribution in [0.2, 0.25) is 0 Å². The van der Waals surface area contributed by atoms with Gasteiger partial charge in [0, 0.05) is 28.3 Å². The number of benzene rings is 2. The lowest BCUT2D eigenvalue weighted by atomic mass is 9.86. The molecule has 1 aromatic heterocycles. The minimum Gasteiger partial charge on any atom is -0.496 e. The maximum Gasteiger partial charge on any atom is 0.419 e. The summed E-state index contributed by atoms with van der Waals surface area (Å²) in [5.74, 6) is -0.505. The van der Waals surface area contributed by atoms with Crippen LogP contribution in [-0.2, 0) is 15.7 Å². The molecule has 0 fully saturated rings. The standard InChI is InChI=1S/C28H30F4N4O3/c1-5-39-27(37)17-8-6-16(7-9-17)20-12-21-23(13-24(20)38-4)35-15(3)36-26(21)34-14(2)19-10-18(33)11-22(25(19)29)28(30,31)32/h6,10-14,17H,5,7-9,33H2,1-4H3,(H,34,35,36)/t14-,17?/m1/s1. The van der Waals surface area contributed by atoms with Crippen molar-refractivity contribution in [3.63, 3.8) is 0 Å². The molecular weight excluding hydrogens is 516 g/mol. The third-order valence-corrected chi connectivity index (χ3v) is 6.75. The highest BCUT2D eigenvalue weighted by Crippen LogP contribution is 2.40. The van der Waals surface area contributed by atoms with Gasteiger partial charge in [-0.2, -0.15) is 13.2 Å². The maximum absolute atomic E-state index is 14.9. The van der Waals surface area contributed by atoms with E-state index in [-0.39, 0.29) is 23.1 Å². The summed E-state index contributed by atoms with van der Waals surface area (Å²) in [5, 5.41) is 3.64. The average molecular weight is 547 g/mol. The van der Waals surface area contributed by atoms with Crippen LogP contribution in [0.1, 0.15) is 61.7 Å². The number of fused-ring (bicyclic) bond motifs is 1. The smallest absolute Gasteiger partial charge is 0.419 e. The van der Waals surface area contributed by atoms with E-state index in [1.807, 2.05) is 12.1 Å². The van der Waals surface area contributed by atoms with Gasteiger partial charge in [0.15, 0.2) is 0 Å². The summed E-state index contributed by atoms with van der Waals surface area (Å²) in [6, 6.07) is 4.46. The SMILES string of the molecule is CCOC(=O)C1CC=C(c2cc3c(N[C@H](C)c4cc(N)cc(C(F)(F)F)c4F)nc(C)nc3cc2OC)CC1. The first-order chi connectivity index (χ1) is 18.4. The van der Waals surface area contributed by atoms with Gasteiger partial charge in [0.1, 0.15) is 23.2 Å². The van der Waals surface area contributed by atoms with Crippen LogP contribution in [0, 0.1) is 18.7 Å². The van der Waals surface area contributed by atoms with E-state index in [0.717, 1.165) is 11.1 Å². The number of hydrogen-bond donors (Lipinski definition) is 2. The molecule has 0 aliphatic heterocycles. The molecule has 0 amide bonds. The maximum atomic E-state index is 14.9. The second-order valence-corrected chi connectivity index (χ2v) is 9.48. The number of nitrogen functional groups attached to an aromatic ring is 1. The molecule has 11 heteroatoms. The van der Waals surface area contributed by atoms with Gasteiger partial charge < -0.3 is 20.5 Å². The number of rotatable bonds is 7. The number of nitrogens with two attached hydrogens (primary N) is 1. The number of carbonyl (C=O) groups excluding carboxylic acids is 1. The third-order valence-electron chi connectivity index (χ3n) is 6.75. The Morgan fingerprint density at radius 1 is 1.23 bits per heavy atom. The number of alkyl halides is 3. The quantitative estimate of drug-likeness (QED) is 0.196. The van der Waals surface area contributed by atoms with Crippen LogP contribution >= 0.6 is 0 Å². The van der Waals surface area contributed by atoms with Crippen LogP contribution in [0.25, 0.3) is 16.5 Å². The summed E-state index contributed by atoms with van der Waals surface area (Å²) in [4.78, 5) is 21.1. The number of nitrogens with zero attached hydrogens (tertiary/aromatic N) is 2. The van der Waals surface area contributed by atoms with Crippen molar-refractivity contribution < 1.29 is 31.8 Å². The second-order valence-electron chi connectivity index (χ2n) is 9.48. The van der Waals surface area contributed by atoms with Crippen molar-refractivity contribution in [2.75, 3.05) is 24.8 Å². The highest BCUT2D eigenvalue weighted by atomic mass is 19.4. The van der Waals surface area contributed by atoms with Crippen molar-refractivity contribution in [3.05, 3.63) is 58.7 Å². The molecule has 1 aliphatic carbocycles. The van der Waals surface area contributed by atoms with Crippen molar-refractivity contribution in [1.29, 1.82) is 0 Å². The van der Waals surface area contributed by atoms with Gasteiger partial charge in [-0.05, 0) is 63.8 Å². The van der Waals surface area contributed by atoms with Crippen molar-refractivity contribution in [1.82, 2.24) is 9.97 Å². The normalized spacial score (nSPS) is 16.5. The van der Waals surface area contributed by atoms with Crippen LogP contribution in [0.4, 0.5) is 29.1 Å². The molecule has 0 radical (unpaired) electrons. The molecular formula is C28H30F4N4O3. The lowest BCUT2D eigenvalue weighted by Gasteiger charge is -2.23. The van der Waals surface area contributed by atoms with Gasteiger partial charge in [0.25, 0.3) is 0 Å². The summed E-state index contributed by atoms with van der Waals surface area (Å²) in [6.07, 6.45) is -1.14. The number of aryl methyl sites for hydroxylation is 1. The Morgan fingerprint density at radius 3 is 2.59 bits per heavy atom. The summed E-state index contributed by atoms with van der Waals surface area (Å²) in [7, 11) is 1.55. The molecule has 39 heavy (non-hydrogen) atoms. The third kappa shape index (κ3) is 5.91. The molecule has 4 rings (SSSR count). The van der Waals surface area contributed by atoms with Gasteiger partial charge in [-0.25, -0.2) is 14.4 Å². The number of ether oxygens (including phenoxy) is 2. The van der Waals surface area contributed by atoms with Crippen molar-refractivity contribution in [3.8, 4) is 5.75 Å². The molecule has 0 spiro atoms. The van der Waals surface area contributed by atoms with E-state index in [1.165, 1.54) is 13.0 Å². The minimum absolute atomic E-state index is 0.200. The van der Waals surface area contributed by atoms with E-state index in [0.29, 0.717) is 60.2 Å². The number of nitrogens with one attached hydrogen (secondary N) is 1.